The molecule has 19 heavy (non-hydrogen) atoms. The number of carbonyl (C=O) groups is 1. The van der Waals surface area contributed by atoms with Crippen LogP contribution in [0.3, 0.4) is 0 Å². The Morgan fingerprint density at radius 3 is 2.95 bits per heavy atom. The number of carbonyl (C=O) groups excluding carboxylic acids is 1. The zero-order chi connectivity index (χ0) is 13.5. The number of benzene rings is 1. The Labute approximate surface area is 114 Å². The van der Waals surface area contributed by atoms with Crippen molar-refractivity contribution in [3.05, 3.63) is 29.8 Å². The van der Waals surface area contributed by atoms with Crippen molar-refractivity contribution in [2.75, 3.05) is 26.8 Å². The van der Waals surface area contributed by atoms with Gasteiger partial charge in [0.25, 0.3) is 0 Å². The third kappa shape index (κ3) is 4.56. The molecule has 1 aliphatic rings. The van der Waals surface area contributed by atoms with Gasteiger partial charge in [-0.2, -0.15) is 0 Å². The van der Waals surface area contributed by atoms with Crippen LogP contribution in [0, 0.1) is 5.92 Å². The molecule has 0 spiro atoms. The van der Waals surface area contributed by atoms with Gasteiger partial charge in [0, 0.05) is 6.42 Å². The molecule has 104 valence electrons. The van der Waals surface area contributed by atoms with Crippen LogP contribution in [0.2, 0.25) is 0 Å². The molecule has 0 unspecified atom stereocenters. The van der Waals surface area contributed by atoms with E-state index in [0.29, 0.717) is 12.8 Å². The topological polar surface area (TPSA) is 47.6 Å². The van der Waals surface area contributed by atoms with Crippen LogP contribution in [-0.2, 0) is 16.0 Å². The molecule has 0 bridgehead atoms. The number of esters is 1. The van der Waals surface area contributed by atoms with Gasteiger partial charge < -0.3 is 14.8 Å². The van der Waals surface area contributed by atoms with E-state index in [1.807, 2.05) is 24.3 Å². The van der Waals surface area contributed by atoms with Gasteiger partial charge in [-0.1, -0.05) is 12.1 Å². The van der Waals surface area contributed by atoms with Gasteiger partial charge in [0.2, 0.25) is 0 Å². The Kier molecular flexibility index (Phi) is 5.21. The van der Waals surface area contributed by atoms with Gasteiger partial charge in [0.15, 0.2) is 0 Å². The van der Waals surface area contributed by atoms with Crippen molar-refractivity contribution < 1.29 is 14.3 Å². The third-order valence-corrected chi connectivity index (χ3v) is 3.40. The Morgan fingerprint density at radius 2 is 2.26 bits per heavy atom. The van der Waals surface area contributed by atoms with Crippen molar-refractivity contribution in [3.8, 4) is 5.75 Å². The number of methoxy groups -OCH3 is 1. The lowest BCUT2D eigenvalue weighted by Crippen LogP contribution is -2.42. The van der Waals surface area contributed by atoms with Gasteiger partial charge in [-0.15, -0.1) is 0 Å². The van der Waals surface area contributed by atoms with Gasteiger partial charge in [-0.25, -0.2) is 0 Å². The highest BCUT2D eigenvalue weighted by atomic mass is 16.5. The maximum Gasteiger partial charge on any atom is 0.305 e. The average Bonchev–Trinajstić information content (AvgIpc) is 2.39. The summed E-state index contributed by atoms with van der Waals surface area (Å²) in [7, 11) is 1.41. The first kappa shape index (κ1) is 13.9. The van der Waals surface area contributed by atoms with Crippen molar-refractivity contribution in [1.29, 1.82) is 0 Å². The van der Waals surface area contributed by atoms with Gasteiger partial charge in [0.05, 0.1) is 13.7 Å². The second-order valence-corrected chi connectivity index (χ2v) is 4.88. The largest absolute Gasteiger partial charge is 0.494 e. The van der Waals surface area contributed by atoms with E-state index in [0.717, 1.165) is 43.3 Å². The van der Waals surface area contributed by atoms with E-state index in [4.69, 9.17) is 4.74 Å². The molecule has 0 atom stereocenters. The highest BCUT2D eigenvalue weighted by molar-refractivity contribution is 5.69. The monoisotopic (exact) mass is 263 g/mol. The van der Waals surface area contributed by atoms with Crippen LogP contribution in [0.4, 0.5) is 0 Å². The lowest BCUT2D eigenvalue weighted by molar-refractivity contribution is -0.140. The van der Waals surface area contributed by atoms with E-state index in [-0.39, 0.29) is 5.97 Å². The molecular formula is C15H21NO3. The van der Waals surface area contributed by atoms with Crippen LogP contribution in [0.1, 0.15) is 18.4 Å². The van der Waals surface area contributed by atoms with E-state index >= 15 is 0 Å². The number of rotatable bonds is 7. The molecule has 1 fully saturated rings. The summed E-state index contributed by atoms with van der Waals surface area (Å²) in [5, 5.41) is 3.25. The molecule has 0 aromatic heterocycles. The summed E-state index contributed by atoms with van der Waals surface area (Å²) in [4.78, 5) is 11.1. The van der Waals surface area contributed by atoms with Crippen molar-refractivity contribution >= 4 is 5.97 Å². The highest BCUT2D eigenvalue weighted by Gasteiger charge is 2.15. The fraction of sp³-hybridized carbons (Fsp3) is 0.533. The van der Waals surface area contributed by atoms with E-state index in [9.17, 15) is 4.79 Å². The summed E-state index contributed by atoms with van der Waals surface area (Å²) in [5.41, 5.74) is 1.10. The fourth-order valence-electron chi connectivity index (χ4n) is 2.04. The Balaban J connectivity index is 1.75. The Bertz CT molecular complexity index is 416. The summed E-state index contributed by atoms with van der Waals surface area (Å²) >= 11 is 0. The van der Waals surface area contributed by atoms with Crippen molar-refractivity contribution in [1.82, 2.24) is 5.32 Å². The zero-order valence-corrected chi connectivity index (χ0v) is 11.4. The predicted octanol–water partition coefficient (Wildman–Crippen LogP) is 1.78. The predicted molar refractivity (Wildman–Crippen MR) is 73.3 cm³/mol. The smallest absolute Gasteiger partial charge is 0.305 e. The quantitative estimate of drug-likeness (QED) is 0.762. The molecule has 2 rings (SSSR count). The van der Waals surface area contributed by atoms with E-state index in [2.05, 4.69) is 10.1 Å². The van der Waals surface area contributed by atoms with Crippen molar-refractivity contribution in [2.45, 2.75) is 19.3 Å². The molecule has 1 N–H and O–H groups in total. The van der Waals surface area contributed by atoms with Crippen LogP contribution in [0.25, 0.3) is 0 Å². The van der Waals surface area contributed by atoms with Gasteiger partial charge in [-0.05, 0) is 49.5 Å². The van der Waals surface area contributed by atoms with Gasteiger partial charge in [0.1, 0.15) is 5.75 Å². The third-order valence-electron chi connectivity index (χ3n) is 3.40. The summed E-state index contributed by atoms with van der Waals surface area (Å²) in [5.74, 6) is 1.47. The number of hydrogen-bond donors (Lipinski definition) is 1. The van der Waals surface area contributed by atoms with Crippen molar-refractivity contribution in [3.63, 3.8) is 0 Å². The second-order valence-electron chi connectivity index (χ2n) is 4.88. The first-order valence-corrected chi connectivity index (χ1v) is 6.77. The molecule has 4 heteroatoms. The first-order valence-electron chi connectivity index (χ1n) is 6.77. The number of ether oxygens (including phenoxy) is 2. The molecule has 0 saturated carbocycles. The number of nitrogens with one attached hydrogen (secondary N) is 1. The fourth-order valence-corrected chi connectivity index (χ4v) is 2.04. The number of aryl methyl sites for hydroxylation is 1. The van der Waals surface area contributed by atoms with Crippen LogP contribution in [0.15, 0.2) is 24.3 Å². The highest BCUT2D eigenvalue weighted by Crippen LogP contribution is 2.16. The van der Waals surface area contributed by atoms with Crippen LogP contribution < -0.4 is 10.1 Å². The maximum absolute atomic E-state index is 11.1. The molecule has 4 nitrogen and oxygen atoms in total. The van der Waals surface area contributed by atoms with E-state index < -0.39 is 0 Å². The normalized spacial score (nSPS) is 14.8. The minimum atomic E-state index is -0.177. The van der Waals surface area contributed by atoms with Crippen LogP contribution >= 0.6 is 0 Å². The lowest BCUT2D eigenvalue weighted by atomic mass is 10.0. The zero-order valence-electron chi connectivity index (χ0n) is 11.4. The average molecular weight is 263 g/mol. The molecule has 1 aromatic carbocycles. The molecule has 1 heterocycles. The summed E-state index contributed by atoms with van der Waals surface area (Å²) < 4.78 is 10.4. The minimum Gasteiger partial charge on any atom is -0.494 e. The van der Waals surface area contributed by atoms with Gasteiger partial charge >= 0.3 is 5.97 Å². The number of hydrogen-bond acceptors (Lipinski definition) is 4. The SMILES string of the molecule is COC(=O)CCc1cccc(OCCC2CNC2)c1. The molecule has 1 aliphatic heterocycles. The van der Waals surface area contributed by atoms with Crippen LogP contribution in [-0.4, -0.2) is 32.8 Å². The van der Waals surface area contributed by atoms with E-state index in [1.165, 1.54) is 7.11 Å². The summed E-state index contributed by atoms with van der Waals surface area (Å²) in [6.07, 6.45) is 2.20. The van der Waals surface area contributed by atoms with Crippen LogP contribution in [0.5, 0.6) is 5.75 Å². The molecular weight excluding hydrogens is 242 g/mol. The maximum atomic E-state index is 11.1. The Hall–Kier alpha value is -1.55. The van der Waals surface area contributed by atoms with Crippen molar-refractivity contribution in [2.24, 2.45) is 5.92 Å². The second kappa shape index (κ2) is 7.14. The lowest BCUT2D eigenvalue weighted by Gasteiger charge is -2.26. The minimum absolute atomic E-state index is 0.177. The first-order chi connectivity index (χ1) is 9.28. The van der Waals surface area contributed by atoms with E-state index in [1.54, 1.807) is 0 Å². The molecule has 1 aromatic rings. The molecule has 0 amide bonds. The summed E-state index contributed by atoms with van der Waals surface area (Å²) in [6.45, 7) is 2.98. The molecule has 0 radical (unpaired) electrons. The Morgan fingerprint density at radius 1 is 1.42 bits per heavy atom. The molecule has 1 saturated heterocycles. The standard InChI is InChI=1S/C15H21NO3/c1-18-15(17)6-5-12-3-2-4-14(9-12)19-8-7-13-10-16-11-13/h2-4,9,13,16H,5-8,10-11H2,1H3. The molecule has 0 aliphatic carbocycles. The van der Waals surface area contributed by atoms with Gasteiger partial charge in [-0.3, -0.25) is 4.79 Å². The summed E-state index contributed by atoms with van der Waals surface area (Å²) in [6, 6.07) is 7.93.